The number of rotatable bonds is 3. The Morgan fingerprint density at radius 3 is 2.56 bits per heavy atom. The second-order valence-electron chi connectivity index (χ2n) is 4.76. The molecule has 1 aliphatic rings. The topological polar surface area (TPSA) is 12.0 Å². The molecule has 1 nitrogen and oxygen atoms in total. The van der Waals surface area contributed by atoms with Crippen LogP contribution in [-0.4, -0.2) is 12.0 Å². The minimum atomic E-state index is -2.48. The van der Waals surface area contributed by atoms with Crippen LogP contribution in [0.5, 0.6) is 0 Å². The molecule has 1 aliphatic carbocycles. The van der Waals surface area contributed by atoms with E-state index in [9.17, 15) is 13.2 Å². The van der Waals surface area contributed by atoms with Gasteiger partial charge in [-0.3, -0.25) is 0 Å². The molecule has 18 heavy (non-hydrogen) atoms. The van der Waals surface area contributed by atoms with E-state index < -0.39 is 5.92 Å². The van der Waals surface area contributed by atoms with E-state index in [2.05, 4.69) is 5.32 Å². The lowest BCUT2D eigenvalue weighted by molar-refractivity contribution is -0.0405. The fraction of sp³-hybridized carbons (Fsp3) is 0.538. The average molecular weight is 369 g/mol. The van der Waals surface area contributed by atoms with Gasteiger partial charge < -0.3 is 5.32 Å². The quantitative estimate of drug-likeness (QED) is 0.792. The fourth-order valence-corrected chi connectivity index (χ4v) is 2.74. The van der Waals surface area contributed by atoms with Crippen molar-refractivity contribution in [1.82, 2.24) is 5.32 Å². The van der Waals surface area contributed by atoms with Crippen LogP contribution in [0.3, 0.4) is 0 Å². The van der Waals surface area contributed by atoms with Crippen molar-refractivity contribution in [3.63, 3.8) is 0 Å². The summed E-state index contributed by atoms with van der Waals surface area (Å²) in [5.41, 5.74) is 0.984. The van der Waals surface area contributed by atoms with Crippen molar-refractivity contribution in [2.45, 2.75) is 44.2 Å². The third kappa shape index (κ3) is 3.85. The Hall–Kier alpha value is -0.300. The standard InChI is InChI=1S/C13H15F3IN/c14-11-2-1-9(7-12(11)17)8-18-10-3-5-13(15,16)6-4-10/h1-2,7,10,18H,3-6,8H2. The maximum atomic E-state index is 13.1. The molecule has 0 heterocycles. The van der Waals surface area contributed by atoms with E-state index in [-0.39, 0.29) is 24.7 Å². The monoisotopic (exact) mass is 369 g/mol. The van der Waals surface area contributed by atoms with Crippen molar-refractivity contribution in [1.29, 1.82) is 0 Å². The molecule has 0 amide bonds. The molecule has 100 valence electrons. The number of hydrogen-bond acceptors (Lipinski definition) is 1. The zero-order valence-corrected chi connectivity index (χ0v) is 12.0. The lowest BCUT2D eigenvalue weighted by Crippen LogP contribution is -2.36. The van der Waals surface area contributed by atoms with Gasteiger partial charge >= 0.3 is 0 Å². The fourth-order valence-electron chi connectivity index (χ4n) is 2.16. The summed E-state index contributed by atoms with van der Waals surface area (Å²) in [7, 11) is 0. The molecule has 1 aromatic rings. The van der Waals surface area contributed by atoms with Crippen molar-refractivity contribution in [3.05, 3.63) is 33.1 Å². The summed E-state index contributed by atoms with van der Waals surface area (Å²) in [6, 6.07) is 5.09. The number of halogens is 4. The molecule has 2 rings (SSSR count). The molecule has 0 saturated heterocycles. The predicted molar refractivity (Wildman–Crippen MR) is 73.2 cm³/mol. The number of alkyl halides is 2. The van der Waals surface area contributed by atoms with Crippen LogP contribution >= 0.6 is 22.6 Å². The van der Waals surface area contributed by atoms with Crippen LogP contribution in [0.1, 0.15) is 31.2 Å². The predicted octanol–water partition coefficient (Wildman–Crippen LogP) is 4.10. The summed E-state index contributed by atoms with van der Waals surface area (Å²) in [6.07, 6.45) is 0.938. The first kappa shape index (κ1) is 14.1. The van der Waals surface area contributed by atoms with Crippen LogP contribution in [0.15, 0.2) is 18.2 Å². The lowest BCUT2D eigenvalue weighted by atomic mass is 9.92. The molecule has 0 spiro atoms. The number of nitrogens with one attached hydrogen (secondary N) is 1. The molecule has 1 aromatic carbocycles. The zero-order valence-electron chi connectivity index (χ0n) is 9.86. The highest BCUT2D eigenvalue weighted by Crippen LogP contribution is 2.33. The summed E-state index contributed by atoms with van der Waals surface area (Å²) >= 11 is 1.95. The SMILES string of the molecule is Fc1ccc(CNC2CCC(F)(F)CC2)cc1I. The minimum Gasteiger partial charge on any atom is -0.310 e. The van der Waals surface area contributed by atoms with Gasteiger partial charge in [0.2, 0.25) is 5.92 Å². The van der Waals surface area contributed by atoms with E-state index in [0.717, 1.165) is 5.56 Å². The van der Waals surface area contributed by atoms with Gasteiger partial charge in [-0.1, -0.05) is 6.07 Å². The zero-order chi connectivity index (χ0) is 13.2. The minimum absolute atomic E-state index is 0.0361. The maximum absolute atomic E-state index is 13.1. The van der Waals surface area contributed by atoms with Crippen LogP contribution < -0.4 is 5.32 Å². The van der Waals surface area contributed by atoms with Crippen LogP contribution in [0.4, 0.5) is 13.2 Å². The van der Waals surface area contributed by atoms with E-state index >= 15 is 0 Å². The summed E-state index contributed by atoms with van der Waals surface area (Å²) < 4.78 is 39.6. The van der Waals surface area contributed by atoms with Crippen molar-refractivity contribution in [2.24, 2.45) is 0 Å². The maximum Gasteiger partial charge on any atom is 0.248 e. The van der Waals surface area contributed by atoms with E-state index in [1.165, 1.54) is 6.07 Å². The van der Waals surface area contributed by atoms with Crippen LogP contribution in [0, 0.1) is 9.39 Å². The highest BCUT2D eigenvalue weighted by molar-refractivity contribution is 14.1. The third-order valence-corrected chi connectivity index (χ3v) is 4.12. The van der Waals surface area contributed by atoms with Gasteiger partial charge in [-0.05, 0) is 53.1 Å². The number of hydrogen-bond donors (Lipinski definition) is 1. The molecule has 0 bridgehead atoms. The molecule has 0 unspecified atom stereocenters. The van der Waals surface area contributed by atoms with Gasteiger partial charge in [0.15, 0.2) is 0 Å². The summed E-state index contributed by atoms with van der Waals surface area (Å²) in [4.78, 5) is 0. The molecule has 0 aromatic heterocycles. The summed E-state index contributed by atoms with van der Waals surface area (Å²) in [5.74, 6) is -2.71. The molecular formula is C13H15F3IN. The Bertz CT molecular complexity index is 413. The molecular weight excluding hydrogens is 354 g/mol. The second kappa shape index (κ2) is 5.77. The third-order valence-electron chi connectivity index (χ3n) is 3.30. The lowest BCUT2D eigenvalue weighted by Gasteiger charge is -2.29. The highest BCUT2D eigenvalue weighted by Gasteiger charge is 2.34. The molecule has 0 atom stereocenters. The van der Waals surface area contributed by atoms with Gasteiger partial charge in [0, 0.05) is 29.0 Å². The molecule has 1 N–H and O–H groups in total. The average Bonchev–Trinajstić information content (AvgIpc) is 2.32. The summed E-state index contributed by atoms with van der Waals surface area (Å²) in [5, 5.41) is 3.26. The van der Waals surface area contributed by atoms with Crippen molar-refractivity contribution in [2.75, 3.05) is 0 Å². The van der Waals surface area contributed by atoms with Gasteiger partial charge in [0.05, 0.1) is 0 Å². The second-order valence-corrected chi connectivity index (χ2v) is 5.92. The first-order chi connectivity index (χ1) is 8.46. The number of benzene rings is 1. The largest absolute Gasteiger partial charge is 0.310 e. The van der Waals surface area contributed by atoms with Gasteiger partial charge in [-0.15, -0.1) is 0 Å². The Labute approximate surface area is 118 Å². The smallest absolute Gasteiger partial charge is 0.248 e. The van der Waals surface area contributed by atoms with E-state index in [0.29, 0.717) is 23.0 Å². The van der Waals surface area contributed by atoms with Crippen molar-refractivity contribution < 1.29 is 13.2 Å². The van der Waals surface area contributed by atoms with Crippen molar-refractivity contribution in [3.8, 4) is 0 Å². The Balaban J connectivity index is 1.83. The Morgan fingerprint density at radius 1 is 1.28 bits per heavy atom. The highest BCUT2D eigenvalue weighted by atomic mass is 127. The first-order valence-corrected chi connectivity index (χ1v) is 7.09. The van der Waals surface area contributed by atoms with Crippen LogP contribution in [0.2, 0.25) is 0 Å². The van der Waals surface area contributed by atoms with Crippen molar-refractivity contribution >= 4 is 22.6 Å². The van der Waals surface area contributed by atoms with Gasteiger partial charge in [0.1, 0.15) is 5.82 Å². The normalized spacial score (nSPS) is 20.0. The molecule has 1 fully saturated rings. The van der Waals surface area contributed by atoms with Crippen LogP contribution in [-0.2, 0) is 6.54 Å². The Morgan fingerprint density at radius 2 is 1.94 bits per heavy atom. The molecule has 0 radical (unpaired) electrons. The molecule has 5 heteroatoms. The van der Waals surface area contributed by atoms with Gasteiger partial charge in [0.25, 0.3) is 0 Å². The first-order valence-electron chi connectivity index (χ1n) is 6.01. The van der Waals surface area contributed by atoms with Gasteiger partial charge in [-0.2, -0.15) is 0 Å². The van der Waals surface area contributed by atoms with E-state index in [1.54, 1.807) is 12.1 Å². The molecule has 1 saturated carbocycles. The van der Waals surface area contributed by atoms with Crippen LogP contribution in [0.25, 0.3) is 0 Å². The van der Waals surface area contributed by atoms with E-state index in [1.807, 2.05) is 22.6 Å². The molecule has 0 aliphatic heterocycles. The van der Waals surface area contributed by atoms with E-state index in [4.69, 9.17) is 0 Å². The summed E-state index contributed by atoms with van der Waals surface area (Å²) in [6.45, 7) is 0.604. The van der Waals surface area contributed by atoms with Gasteiger partial charge in [-0.25, -0.2) is 13.2 Å². The Kier molecular flexibility index (Phi) is 4.53.